The predicted octanol–water partition coefficient (Wildman–Crippen LogP) is 2.68. The van der Waals surface area contributed by atoms with Crippen molar-refractivity contribution >= 4 is 15.7 Å². The fourth-order valence-corrected chi connectivity index (χ4v) is 2.69. The van der Waals surface area contributed by atoms with Gasteiger partial charge in [-0.25, -0.2) is 8.42 Å². The minimum atomic E-state index is -3.35. The number of nitrogens with one attached hydrogen (secondary N) is 1. The minimum Gasteiger partial charge on any atom is -0.461 e. The molecule has 0 aliphatic heterocycles. The number of aromatic nitrogens is 2. The van der Waals surface area contributed by atoms with E-state index in [0.29, 0.717) is 29.6 Å². The van der Waals surface area contributed by atoms with Gasteiger partial charge in [0, 0.05) is 0 Å². The van der Waals surface area contributed by atoms with E-state index in [1.54, 1.807) is 31.2 Å². The molecule has 3 rings (SSSR count). The van der Waals surface area contributed by atoms with E-state index in [9.17, 15) is 8.42 Å². The van der Waals surface area contributed by atoms with E-state index < -0.39 is 10.0 Å². The molecule has 2 aromatic heterocycles. The number of benzene rings is 1. The van der Waals surface area contributed by atoms with Crippen LogP contribution in [-0.4, -0.2) is 24.3 Å². The number of anilines is 1. The van der Waals surface area contributed by atoms with Gasteiger partial charge >= 0.3 is 0 Å². The second-order valence-corrected chi connectivity index (χ2v) is 6.84. The van der Waals surface area contributed by atoms with Crippen LogP contribution in [-0.2, 0) is 16.4 Å². The second kappa shape index (κ2) is 6.25. The highest BCUT2D eigenvalue weighted by Gasteiger charge is 2.15. The summed E-state index contributed by atoms with van der Waals surface area (Å²) in [5, 5.41) is 3.86. The number of nitrogens with zero attached hydrogens (tertiary/aromatic N) is 2. The maximum Gasteiger partial charge on any atom is 0.238 e. The van der Waals surface area contributed by atoms with Crippen LogP contribution in [0.25, 0.3) is 11.6 Å². The number of furan rings is 1. The lowest BCUT2D eigenvalue weighted by Crippen LogP contribution is -2.15. The summed E-state index contributed by atoms with van der Waals surface area (Å²) in [6.07, 6.45) is 1.84. The summed E-state index contributed by atoms with van der Waals surface area (Å²) < 4.78 is 36.5. The van der Waals surface area contributed by atoms with Gasteiger partial charge in [-0.2, -0.15) is 4.98 Å². The van der Waals surface area contributed by atoms with E-state index in [1.165, 1.54) is 6.26 Å². The van der Waals surface area contributed by atoms with E-state index in [1.807, 2.05) is 12.1 Å². The standard InChI is InChI=1S/C15H15N3O4S/c1-2-23(19,20)18-12-7-4-3-6-11(12)10-14-16-15(17-22-14)13-8-5-9-21-13/h3-9,18H,2,10H2,1H3. The van der Waals surface area contributed by atoms with Gasteiger partial charge in [-0.1, -0.05) is 23.4 Å². The van der Waals surface area contributed by atoms with Crippen LogP contribution in [0.1, 0.15) is 18.4 Å². The summed E-state index contributed by atoms with van der Waals surface area (Å²) in [5.41, 5.74) is 1.26. The molecule has 0 atom stereocenters. The Labute approximate surface area is 133 Å². The number of para-hydroxylation sites is 1. The van der Waals surface area contributed by atoms with E-state index >= 15 is 0 Å². The largest absolute Gasteiger partial charge is 0.461 e. The van der Waals surface area contributed by atoms with Crippen molar-refractivity contribution in [2.24, 2.45) is 0 Å². The lowest BCUT2D eigenvalue weighted by Gasteiger charge is -2.10. The van der Waals surface area contributed by atoms with Gasteiger partial charge in [-0.15, -0.1) is 0 Å². The average Bonchev–Trinajstić information content (AvgIpc) is 3.20. The molecule has 23 heavy (non-hydrogen) atoms. The molecule has 0 spiro atoms. The van der Waals surface area contributed by atoms with Crippen LogP contribution in [0.4, 0.5) is 5.69 Å². The van der Waals surface area contributed by atoms with Gasteiger partial charge < -0.3 is 8.94 Å². The Morgan fingerprint density at radius 1 is 1.17 bits per heavy atom. The van der Waals surface area contributed by atoms with Gasteiger partial charge in [0.05, 0.1) is 24.1 Å². The lowest BCUT2D eigenvalue weighted by molar-refractivity contribution is 0.384. The van der Waals surface area contributed by atoms with Crippen molar-refractivity contribution < 1.29 is 17.4 Å². The highest BCUT2D eigenvalue weighted by Crippen LogP contribution is 2.22. The molecule has 0 fully saturated rings. The van der Waals surface area contributed by atoms with Gasteiger partial charge in [-0.05, 0) is 30.7 Å². The van der Waals surface area contributed by atoms with Gasteiger partial charge in [-0.3, -0.25) is 4.72 Å². The molecule has 0 amide bonds. The van der Waals surface area contributed by atoms with Crippen LogP contribution in [0, 0.1) is 0 Å². The zero-order valence-electron chi connectivity index (χ0n) is 12.4. The third-order valence-electron chi connectivity index (χ3n) is 3.21. The lowest BCUT2D eigenvalue weighted by atomic mass is 10.1. The van der Waals surface area contributed by atoms with Crippen molar-refractivity contribution in [3.8, 4) is 11.6 Å². The van der Waals surface area contributed by atoms with Crippen molar-refractivity contribution in [1.29, 1.82) is 0 Å². The predicted molar refractivity (Wildman–Crippen MR) is 84.3 cm³/mol. The molecule has 0 aliphatic rings. The van der Waals surface area contributed by atoms with Crippen LogP contribution in [0.5, 0.6) is 0 Å². The Morgan fingerprint density at radius 3 is 2.74 bits per heavy atom. The van der Waals surface area contributed by atoms with E-state index in [4.69, 9.17) is 8.94 Å². The first-order chi connectivity index (χ1) is 11.1. The smallest absolute Gasteiger partial charge is 0.238 e. The molecule has 0 bridgehead atoms. The van der Waals surface area contributed by atoms with E-state index in [2.05, 4.69) is 14.9 Å². The molecule has 0 unspecified atom stereocenters. The van der Waals surface area contributed by atoms with Gasteiger partial charge in [0.1, 0.15) is 0 Å². The van der Waals surface area contributed by atoms with Crippen molar-refractivity contribution in [2.75, 3.05) is 10.5 Å². The first kappa shape index (κ1) is 15.3. The summed E-state index contributed by atoms with van der Waals surface area (Å²) in [5.74, 6) is 1.25. The Bertz CT molecular complexity index is 885. The Morgan fingerprint density at radius 2 is 2.00 bits per heavy atom. The van der Waals surface area contributed by atoms with Gasteiger partial charge in [0.25, 0.3) is 0 Å². The van der Waals surface area contributed by atoms with Crippen LogP contribution in [0.3, 0.4) is 0 Å². The molecule has 3 aromatic rings. The molecular formula is C15H15N3O4S. The molecule has 2 heterocycles. The summed E-state index contributed by atoms with van der Waals surface area (Å²) in [4.78, 5) is 4.26. The zero-order chi connectivity index (χ0) is 16.3. The fraction of sp³-hybridized carbons (Fsp3) is 0.200. The van der Waals surface area contributed by atoms with Gasteiger partial charge in [0.15, 0.2) is 5.76 Å². The highest BCUT2D eigenvalue weighted by molar-refractivity contribution is 7.92. The highest BCUT2D eigenvalue weighted by atomic mass is 32.2. The van der Waals surface area contributed by atoms with E-state index in [0.717, 1.165) is 5.56 Å². The molecule has 1 aromatic carbocycles. The molecule has 0 radical (unpaired) electrons. The van der Waals surface area contributed by atoms with Crippen molar-refractivity contribution in [1.82, 2.24) is 10.1 Å². The zero-order valence-corrected chi connectivity index (χ0v) is 13.2. The first-order valence-electron chi connectivity index (χ1n) is 7.02. The molecule has 0 aliphatic carbocycles. The Balaban J connectivity index is 1.83. The molecular weight excluding hydrogens is 318 g/mol. The maximum absolute atomic E-state index is 11.8. The van der Waals surface area contributed by atoms with E-state index in [-0.39, 0.29) is 5.75 Å². The van der Waals surface area contributed by atoms with Gasteiger partial charge in [0.2, 0.25) is 21.7 Å². The van der Waals surface area contributed by atoms with Crippen molar-refractivity contribution in [3.05, 3.63) is 54.1 Å². The summed E-state index contributed by atoms with van der Waals surface area (Å²) in [7, 11) is -3.35. The summed E-state index contributed by atoms with van der Waals surface area (Å²) >= 11 is 0. The minimum absolute atomic E-state index is 0.00450. The molecule has 0 saturated heterocycles. The molecule has 1 N–H and O–H groups in total. The quantitative estimate of drug-likeness (QED) is 0.744. The van der Waals surface area contributed by atoms with Crippen molar-refractivity contribution in [2.45, 2.75) is 13.3 Å². The Hall–Kier alpha value is -2.61. The third kappa shape index (κ3) is 3.59. The second-order valence-electron chi connectivity index (χ2n) is 4.83. The summed E-state index contributed by atoms with van der Waals surface area (Å²) in [6.45, 7) is 1.58. The molecule has 120 valence electrons. The number of hydrogen-bond donors (Lipinski definition) is 1. The monoisotopic (exact) mass is 333 g/mol. The van der Waals surface area contributed by atoms with Crippen LogP contribution < -0.4 is 4.72 Å². The first-order valence-corrected chi connectivity index (χ1v) is 8.67. The maximum atomic E-state index is 11.8. The molecule has 8 heteroatoms. The third-order valence-corrected chi connectivity index (χ3v) is 4.51. The number of rotatable bonds is 6. The normalized spacial score (nSPS) is 11.5. The molecule has 0 saturated carbocycles. The van der Waals surface area contributed by atoms with Crippen LogP contribution in [0.15, 0.2) is 51.6 Å². The van der Waals surface area contributed by atoms with Crippen LogP contribution >= 0.6 is 0 Å². The average molecular weight is 333 g/mol. The number of sulfonamides is 1. The molecule has 7 nitrogen and oxygen atoms in total. The van der Waals surface area contributed by atoms with Crippen LogP contribution in [0.2, 0.25) is 0 Å². The summed E-state index contributed by atoms with van der Waals surface area (Å²) in [6, 6.07) is 10.6. The fourth-order valence-electron chi connectivity index (χ4n) is 2.01. The SMILES string of the molecule is CCS(=O)(=O)Nc1ccccc1Cc1nc(-c2ccco2)no1. The number of hydrogen-bond acceptors (Lipinski definition) is 6. The topological polar surface area (TPSA) is 98.2 Å². The van der Waals surface area contributed by atoms with Crippen molar-refractivity contribution in [3.63, 3.8) is 0 Å². The Kier molecular flexibility index (Phi) is 4.16.